The first kappa shape index (κ1) is 34.8. The van der Waals surface area contributed by atoms with Crippen molar-refractivity contribution < 1.29 is 55.1 Å². The first-order chi connectivity index (χ1) is 18.7. The normalized spacial score (nSPS) is 37.3. The molecular formula is C28H54O11. The molecule has 10 atom stereocenters. The Morgan fingerprint density at radius 2 is 1.10 bits per heavy atom. The summed E-state index contributed by atoms with van der Waals surface area (Å²) in [5.74, 6) is 0. The highest BCUT2D eigenvalue weighted by Crippen LogP contribution is 2.36. The van der Waals surface area contributed by atoms with Crippen LogP contribution in [0, 0.1) is 0 Å². The van der Waals surface area contributed by atoms with Crippen LogP contribution in [0.2, 0.25) is 0 Å². The Hall–Kier alpha value is -0.440. The fourth-order valence-corrected chi connectivity index (χ4v) is 5.51. The van der Waals surface area contributed by atoms with Crippen LogP contribution in [-0.4, -0.2) is 115 Å². The Kier molecular flexibility index (Phi) is 16.2. The maximum absolute atomic E-state index is 11.2. The van der Waals surface area contributed by atoms with Gasteiger partial charge in [-0.2, -0.15) is 0 Å². The second-order valence-corrected chi connectivity index (χ2v) is 11.3. The van der Waals surface area contributed by atoms with Crippen LogP contribution in [0.4, 0.5) is 0 Å². The maximum Gasteiger partial charge on any atom is 0.187 e. The minimum absolute atomic E-state index is 0.0139. The lowest BCUT2D eigenvalue weighted by molar-refractivity contribution is -0.375. The SMILES string of the molecule is CCCCCCCCCCCCCCCC[C@]1(O)[C@H](O)O[C@H](CO)[C@@H](O[C@@H]2O[C@H](CO)[C@H](O)[C@H](O)[C@H]2O)[C@@H]1O. The van der Waals surface area contributed by atoms with E-state index in [-0.39, 0.29) is 6.42 Å². The van der Waals surface area contributed by atoms with E-state index in [0.717, 1.165) is 25.7 Å². The summed E-state index contributed by atoms with van der Waals surface area (Å²) >= 11 is 0. The van der Waals surface area contributed by atoms with Gasteiger partial charge < -0.3 is 55.1 Å². The van der Waals surface area contributed by atoms with Crippen LogP contribution >= 0.6 is 0 Å². The molecule has 0 spiro atoms. The van der Waals surface area contributed by atoms with Gasteiger partial charge in [0.2, 0.25) is 0 Å². The highest BCUT2D eigenvalue weighted by molar-refractivity contribution is 5.01. The summed E-state index contributed by atoms with van der Waals surface area (Å²) in [7, 11) is 0. The van der Waals surface area contributed by atoms with Crippen LogP contribution in [0.25, 0.3) is 0 Å². The molecule has 0 saturated carbocycles. The molecule has 2 saturated heterocycles. The van der Waals surface area contributed by atoms with Crippen LogP contribution in [0.15, 0.2) is 0 Å². The number of hydrogen-bond acceptors (Lipinski definition) is 11. The van der Waals surface area contributed by atoms with Crippen LogP contribution in [0.5, 0.6) is 0 Å². The molecule has 11 heteroatoms. The minimum Gasteiger partial charge on any atom is -0.394 e. The number of ether oxygens (including phenoxy) is 3. The lowest BCUT2D eigenvalue weighted by Crippen LogP contribution is -2.69. The number of unbranched alkanes of at least 4 members (excludes halogenated alkanes) is 13. The monoisotopic (exact) mass is 566 g/mol. The summed E-state index contributed by atoms with van der Waals surface area (Å²) in [5, 5.41) is 82.0. The summed E-state index contributed by atoms with van der Waals surface area (Å²) in [6, 6.07) is 0. The average Bonchev–Trinajstić information content (AvgIpc) is 2.93. The van der Waals surface area contributed by atoms with E-state index in [1.54, 1.807) is 0 Å². The lowest BCUT2D eigenvalue weighted by Gasteiger charge is -2.49. The van der Waals surface area contributed by atoms with E-state index in [0.29, 0.717) is 6.42 Å². The van der Waals surface area contributed by atoms with E-state index in [9.17, 15) is 40.9 Å². The Morgan fingerprint density at radius 1 is 0.615 bits per heavy atom. The second kappa shape index (κ2) is 18.2. The molecule has 232 valence electrons. The van der Waals surface area contributed by atoms with Gasteiger partial charge in [0.1, 0.15) is 48.3 Å². The quantitative estimate of drug-likeness (QED) is 0.103. The third kappa shape index (κ3) is 10.1. The summed E-state index contributed by atoms with van der Waals surface area (Å²) in [6.45, 7) is 0.888. The molecule has 11 nitrogen and oxygen atoms in total. The van der Waals surface area contributed by atoms with Gasteiger partial charge in [0.15, 0.2) is 12.6 Å². The third-order valence-electron chi connectivity index (χ3n) is 8.17. The summed E-state index contributed by atoms with van der Waals surface area (Å²) in [5.41, 5.74) is -2.10. The number of aliphatic hydroxyl groups excluding tert-OH is 7. The zero-order valence-electron chi connectivity index (χ0n) is 23.5. The molecule has 8 N–H and O–H groups in total. The van der Waals surface area contributed by atoms with Crippen molar-refractivity contribution in [1.29, 1.82) is 0 Å². The molecule has 0 unspecified atom stereocenters. The standard InChI is InChI=1S/C28H54O11/c1-2-3-4-5-6-7-8-9-10-11-12-13-14-15-16-28(36)25(34)24(20(18-30)38-27(28)35)39-26-23(33)22(32)21(31)19(17-29)37-26/h19-27,29-36H,2-18H2,1H3/t19-,20-,21+,22+,23-,24-,25+,26+,27-,28-/m1/s1. The van der Waals surface area contributed by atoms with Crippen molar-refractivity contribution in [2.75, 3.05) is 13.2 Å². The van der Waals surface area contributed by atoms with E-state index in [1.807, 2.05) is 0 Å². The van der Waals surface area contributed by atoms with E-state index in [1.165, 1.54) is 57.8 Å². The van der Waals surface area contributed by atoms with Crippen molar-refractivity contribution in [2.45, 2.75) is 164 Å². The van der Waals surface area contributed by atoms with Crippen molar-refractivity contribution in [3.8, 4) is 0 Å². The van der Waals surface area contributed by atoms with Gasteiger partial charge in [-0.05, 0) is 6.42 Å². The summed E-state index contributed by atoms with van der Waals surface area (Å²) in [4.78, 5) is 0. The Balaban J connectivity index is 1.76. The number of rotatable bonds is 19. The average molecular weight is 567 g/mol. The van der Waals surface area contributed by atoms with Crippen LogP contribution in [0.1, 0.15) is 103 Å². The van der Waals surface area contributed by atoms with E-state index < -0.39 is 74.1 Å². The van der Waals surface area contributed by atoms with Crippen molar-refractivity contribution in [3.63, 3.8) is 0 Å². The van der Waals surface area contributed by atoms with E-state index in [2.05, 4.69) is 6.92 Å². The smallest absolute Gasteiger partial charge is 0.187 e. The van der Waals surface area contributed by atoms with Gasteiger partial charge in [-0.15, -0.1) is 0 Å². The molecule has 0 amide bonds. The minimum atomic E-state index is -2.10. The maximum atomic E-state index is 11.2. The second-order valence-electron chi connectivity index (χ2n) is 11.3. The molecule has 2 rings (SSSR count). The first-order valence-corrected chi connectivity index (χ1v) is 15.0. The molecule has 2 aliphatic heterocycles. The van der Waals surface area contributed by atoms with Gasteiger partial charge in [-0.3, -0.25) is 0 Å². The van der Waals surface area contributed by atoms with Crippen LogP contribution < -0.4 is 0 Å². The molecule has 39 heavy (non-hydrogen) atoms. The van der Waals surface area contributed by atoms with Crippen LogP contribution in [-0.2, 0) is 14.2 Å². The van der Waals surface area contributed by atoms with Gasteiger partial charge in [-0.25, -0.2) is 0 Å². The summed E-state index contributed by atoms with van der Waals surface area (Å²) < 4.78 is 16.3. The lowest BCUT2D eigenvalue weighted by atomic mass is 9.82. The van der Waals surface area contributed by atoms with Crippen LogP contribution in [0.3, 0.4) is 0 Å². The van der Waals surface area contributed by atoms with Gasteiger partial charge >= 0.3 is 0 Å². The van der Waals surface area contributed by atoms with Gasteiger partial charge in [0.25, 0.3) is 0 Å². The Bertz CT molecular complexity index is 639. The Morgan fingerprint density at radius 3 is 1.59 bits per heavy atom. The molecule has 2 aliphatic rings. The fraction of sp³-hybridized carbons (Fsp3) is 1.00. The predicted octanol–water partition coefficient (Wildman–Crippen LogP) is 0.844. The van der Waals surface area contributed by atoms with Gasteiger partial charge in [0.05, 0.1) is 13.2 Å². The summed E-state index contributed by atoms with van der Waals surface area (Å²) in [6.07, 6.45) is 2.17. The topological polar surface area (TPSA) is 190 Å². The van der Waals surface area contributed by atoms with Crippen molar-refractivity contribution in [2.24, 2.45) is 0 Å². The highest BCUT2D eigenvalue weighted by atomic mass is 16.7. The predicted molar refractivity (Wildman–Crippen MR) is 142 cm³/mol. The fourth-order valence-electron chi connectivity index (χ4n) is 5.51. The molecule has 0 bridgehead atoms. The first-order valence-electron chi connectivity index (χ1n) is 15.0. The van der Waals surface area contributed by atoms with E-state index in [4.69, 9.17) is 14.2 Å². The molecular weight excluding hydrogens is 512 g/mol. The number of hydrogen-bond donors (Lipinski definition) is 8. The van der Waals surface area contributed by atoms with Crippen molar-refractivity contribution >= 4 is 0 Å². The molecule has 0 aromatic rings. The molecule has 0 radical (unpaired) electrons. The molecule has 2 heterocycles. The zero-order valence-corrected chi connectivity index (χ0v) is 23.5. The molecule has 0 aromatic carbocycles. The Labute approximate surface area is 232 Å². The van der Waals surface area contributed by atoms with Crippen molar-refractivity contribution in [3.05, 3.63) is 0 Å². The zero-order chi connectivity index (χ0) is 28.8. The van der Waals surface area contributed by atoms with Crippen molar-refractivity contribution in [1.82, 2.24) is 0 Å². The molecule has 2 fully saturated rings. The largest absolute Gasteiger partial charge is 0.394 e. The van der Waals surface area contributed by atoms with E-state index >= 15 is 0 Å². The highest BCUT2D eigenvalue weighted by Gasteiger charge is 2.56. The van der Waals surface area contributed by atoms with Gasteiger partial charge in [0, 0.05) is 0 Å². The molecule has 0 aliphatic carbocycles. The molecule has 0 aromatic heterocycles. The van der Waals surface area contributed by atoms with Gasteiger partial charge in [-0.1, -0.05) is 96.8 Å². The number of aliphatic hydroxyl groups is 8. The third-order valence-corrected chi connectivity index (χ3v) is 8.17.